The molecule has 1 heterocycles. The summed E-state index contributed by atoms with van der Waals surface area (Å²) in [5.74, 6) is -0.208. The molecule has 0 radical (unpaired) electrons. The fourth-order valence-corrected chi connectivity index (χ4v) is 1.65. The summed E-state index contributed by atoms with van der Waals surface area (Å²) in [6, 6.07) is 9.30. The molecule has 17 heavy (non-hydrogen) atoms. The Morgan fingerprint density at radius 2 is 2.24 bits per heavy atom. The van der Waals surface area contributed by atoms with Crippen LogP contribution in [0.15, 0.2) is 36.5 Å². The van der Waals surface area contributed by atoms with Crippen LogP contribution in [-0.2, 0) is 4.79 Å². The molecule has 0 bridgehead atoms. The van der Waals surface area contributed by atoms with Gasteiger partial charge in [-0.3, -0.25) is 9.78 Å². The third-order valence-corrected chi connectivity index (χ3v) is 2.37. The number of pyridine rings is 1. The third kappa shape index (κ3) is 2.98. The average Bonchev–Trinajstić information content (AvgIpc) is 2.27. The Labute approximate surface area is 104 Å². The SMILES string of the molecule is NC(=S)CC(=O)Nc1ccc2ncccc2c1. The molecule has 0 atom stereocenters. The Balaban J connectivity index is 2.19. The van der Waals surface area contributed by atoms with Crippen molar-refractivity contribution in [2.75, 3.05) is 5.32 Å². The summed E-state index contributed by atoms with van der Waals surface area (Å²) in [5.41, 5.74) is 6.90. The van der Waals surface area contributed by atoms with Gasteiger partial charge in [0.15, 0.2) is 0 Å². The minimum Gasteiger partial charge on any atom is -0.393 e. The molecular formula is C12H11N3OS. The molecule has 0 unspecified atom stereocenters. The van der Waals surface area contributed by atoms with E-state index in [4.69, 9.17) is 5.73 Å². The van der Waals surface area contributed by atoms with Crippen molar-refractivity contribution in [3.05, 3.63) is 36.5 Å². The van der Waals surface area contributed by atoms with Crippen molar-refractivity contribution in [1.29, 1.82) is 0 Å². The molecule has 5 heteroatoms. The highest BCUT2D eigenvalue weighted by Crippen LogP contribution is 2.16. The predicted molar refractivity (Wildman–Crippen MR) is 71.8 cm³/mol. The van der Waals surface area contributed by atoms with Gasteiger partial charge in [0.2, 0.25) is 5.91 Å². The normalized spacial score (nSPS) is 10.1. The van der Waals surface area contributed by atoms with Crippen LogP contribution in [0.5, 0.6) is 0 Å². The number of carbonyl (C=O) groups is 1. The molecule has 1 amide bonds. The Bertz CT molecular complexity index is 583. The highest BCUT2D eigenvalue weighted by atomic mass is 32.1. The minimum absolute atomic E-state index is 0.0560. The summed E-state index contributed by atoms with van der Waals surface area (Å²) < 4.78 is 0. The summed E-state index contributed by atoms with van der Waals surface area (Å²) in [6.45, 7) is 0. The van der Waals surface area contributed by atoms with Gasteiger partial charge in [0, 0.05) is 17.3 Å². The van der Waals surface area contributed by atoms with Crippen LogP contribution >= 0.6 is 12.2 Å². The quantitative estimate of drug-likeness (QED) is 0.810. The average molecular weight is 245 g/mol. The van der Waals surface area contributed by atoms with Gasteiger partial charge >= 0.3 is 0 Å². The maximum atomic E-state index is 11.5. The molecule has 0 aliphatic rings. The molecule has 0 spiro atoms. The Hall–Kier alpha value is -2.01. The molecule has 2 rings (SSSR count). The second kappa shape index (κ2) is 4.88. The number of nitrogens with one attached hydrogen (secondary N) is 1. The smallest absolute Gasteiger partial charge is 0.231 e. The summed E-state index contributed by atoms with van der Waals surface area (Å²) >= 11 is 4.67. The summed E-state index contributed by atoms with van der Waals surface area (Å²) in [4.78, 5) is 15.8. The number of thiocarbonyl (C=S) groups is 1. The van der Waals surface area contributed by atoms with E-state index in [-0.39, 0.29) is 17.3 Å². The Kier molecular flexibility index (Phi) is 3.30. The molecule has 0 saturated heterocycles. The number of amides is 1. The van der Waals surface area contributed by atoms with E-state index < -0.39 is 0 Å². The van der Waals surface area contributed by atoms with E-state index in [0.717, 1.165) is 10.9 Å². The van der Waals surface area contributed by atoms with Crippen LogP contribution in [0.2, 0.25) is 0 Å². The lowest BCUT2D eigenvalue weighted by atomic mass is 10.2. The largest absolute Gasteiger partial charge is 0.393 e. The molecule has 0 aliphatic heterocycles. The lowest BCUT2D eigenvalue weighted by Crippen LogP contribution is -2.20. The summed E-state index contributed by atoms with van der Waals surface area (Å²) in [5, 5.41) is 3.70. The lowest BCUT2D eigenvalue weighted by Gasteiger charge is -2.05. The second-order valence-corrected chi connectivity index (χ2v) is 4.13. The first-order chi connectivity index (χ1) is 8.15. The van der Waals surface area contributed by atoms with Crippen molar-refractivity contribution in [1.82, 2.24) is 4.98 Å². The number of rotatable bonds is 3. The number of fused-ring (bicyclic) bond motifs is 1. The van der Waals surface area contributed by atoms with Gasteiger partial charge in [-0.05, 0) is 24.3 Å². The van der Waals surface area contributed by atoms with Crippen molar-refractivity contribution in [3.63, 3.8) is 0 Å². The highest BCUT2D eigenvalue weighted by molar-refractivity contribution is 7.80. The number of anilines is 1. The van der Waals surface area contributed by atoms with Crippen LogP contribution in [-0.4, -0.2) is 15.9 Å². The first-order valence-electron chi connectivity index (χ1n) is 5.08. The predicted octanol–water partition coefficient (Wildman–Crippen LogP) is 1.85. The van der Waals surface area contributed by atoms with Crippen molar-refractivity contribution in [2.24, 2.45) is 5.73 Å². The van der Waals surface area contributed by atoms with Gasteiger partial charge < -0.3 is 11.1 Å². The van der Waals surface area contributed by atoms with Crippen LogP contribution < -0.4 is 11.1 Å². The number of hydrogen-bond donors (Lipinski definition) is 2. The highest BCUT2D eigenvalue weighted by Gasteiger charge is 2.04. The fourth-order valence-electron chi connectivity index (χ4n) is 1.52. The topological polar surface area (TPSA) is 68.0 Å². The number of hydrogen-bond acceptors (Lipinski definition) is 3. The zero-order valence-electron chi connectivity index (χ0n) is 9.01. The van der Waals surface area contributed by atoms with Crippen molar-refractivity contribution < 1.29 is 4.79 Å². The van der Waals surface area contributed by atoms with E-state index in [1.807, 2.05) is 24.3 Å². The van der Waals surface area contributed by atoms with Gasteiger partial charge in [-0.2, -0.15) is 0 Å². The van der Waals surface area contributed by atoms with Crippen LogP contribution in [0.4, 0.5) is 5.69 Å². The zero-order valence-corrected chi connectivity index (χ0v) is 9.83. The molecule has 86 valence electrons. The van der Waals surface area contributed by atoms with Gasteiger partial charge in [-0.25, -0.2) is 0 Å². The van der Waals surface area contributed by atoms with Crippen molar-refractivity contribution in [3.8, 4) is 0 Å². The van der Waals surface area contributed by atoms with Gasteiger partial charge in [0.1, 0.15) is 0 Å². The number of benzene rings is 1. The molecule has 0 aliphatic carbocycles. The van der Waals surface area contributed by atoms with Crippen molar-refractivity contribution in [2.45, 2.75) is 6.42 Å². The van der Waals surface area contributed by atoms with E-state index in [2.05, 4.69) is 22.5 Å². The molecule has 4 nitrogen and oxygen atoms in total. The lowest BCUT2D eigenvalue weighted by molar-refractivity contribution is -0.115. The van der Waals surface area contributed by atoms with E-state index >= 15 is 0 Å². The van der Waals surface area contributed by atoms with Crippen LogP contribution in [0.1, 0.15) is 6.42 Å². The second-order valence-electron chi connectivity index (χ2n) is 3.60. The number of aromatic nitrogens is 1. The molecule has 0 saturated carbocycles. The first kappa shape index (κ1) is 11.5. The zero-order chi connectivity index (χ0) is 12.3. The van der Waals surface area contributed by atoms with Crippen LogP contribution in [0, 0.1) is 0 Å². The number of nitrogens with two attached hydrogens (primary N) is 1. The Morgan fingerprint density at radius 3 is 3.00 bits per heavy atom. The third-order valence-electron chi connectivity index (χ3n) is 2.22. The number of carbonyl (C=O) groups excluding carboxylic acids is 1. The summed E-state index contributed by atoms with van der Waals surface area (Å²) in [6.07, 6.45) is 1.79. The van der Waals surface area contributed by atoms with E-state index in [9.17, 15) is 4.79 Å². The summed E-state index contributed by atoms with van der Waals surface area (Å²) in [7, 11) is 0. The molecule has 1 aromatic heterocycles. The van der Waals surface area contributed by atoms with Gasteiger partial charge in [-0.15, -0.1) is 0 Å². The van der Waals surface area contributed by atoms with Crippen LogP contribution in [0.3, 0.4) is 0 Å². The molecule has 3 N–H and O–H groups in total. The molecular weight excluding hydrogens is 234 g/mol. The van der Waals surface area contributed by atoms with Crippen LogP contribution in [0.25, 0.3) is 10.9 Å². The van der Waals surface area contributed by atoms with E-state index in [0.29, 0.717) is 5.69 Å². The van der Waals surface area contributed by atoms with E-state index in [1.54, 1.807) is 12.3 Å². The first-order valence-corrected chi connectivity index (χ1v) is 5.49. The standard InChI is InChI=1S/C12H11N3OS/c13-11(17)7-12(16)15-9-3-4-10-8(6-9)2-1-5-14-10/h1-6H,7H2,(H2,13,17)(H,15,16). The molecule has 0 fully saturated rings. The van der Waals surface area contributed by atoms with E-state index in [1.165, 1.54) is 0 Å². The fraction of sp³-hybridized carbons (Fsp3) is 0.0833. The Morgan fingerprint density at radius 1 is 1.41 bits per heavy atom. The number of nitrogens with zero attached hydrogens (tertiary/aromatic N) is 1. The monoisotopic (exact) mass is 245 g/mol. The molecule has 2 aromatic rings. The van der Waals surface area contributed by atoms with Crippen molar-refractivity contribution >= 4 is 39.7 Å². The maximum absolute atomic E-state index is 11.5. The van der Waals surface area contributed by atoms with Gasteiger partial charge in [0.05, 0.1) is 16.9 Å². The maximum Gasteiger partial charge on any atom is 0.231 e. The minimum atomic E-state index is -0.208. The van der Waals surface area contributed by atoms with Gasteiger partial charge in [-0.1, -0.05) is 18.3 Å². The molecule has 1 aromatic carbocycles. The van der Waals surface area contributed by atoms with Gasteiger partial charge in [0.25, 0.3) is 0 Å².